The molecule has 1 aliphatic rings. The average Bonchev–Trinajstić information content (AvgIpc) is 2.97. The molecule has 1 fully saturated rings. The van der Waals surface area contributed by atoms with Crippen LogP contribution < -0.4 is 0 Å². The van der Waals surface area contributed by atoms with Gasteiger partial charge in [0.1, 0.15) is 5.82 Å². The van der Waals surface area contributed by atoms with Gasteiger partial charge in [0.05, 0.1) is 16.6 Å². The third-order valence-corrected chi connectivity index (χ3v) is 3.88. The normalized spacial score (nSPS) is 16.5. The van der Waals surface area contributed by atoms with Crippen LogP contribution in [0.3, 0.4) is 0 Å². The molecule has 3 rings (SSSR count). The van der Waals surface area contributed by atoms with E-state index in [1.165, 1.54) is 25.7 Å². The van der Waals surface area contributed by atoms with Crippen LogP contribution in [-0.2, 0) is 7.05 Å². The molecule has 0 radical (unpaired) electrons. The second-order valence-corrected chi connectivity index (χ2v) is 5.02. The van der Waals surface area contributed by atoms with E-state index in [0.29, 0.717) is 11.5 Å². The van der Waals surface area contributed by atoms with Crippen molar-refractivity contribution in [1.82, 2.24) is 9.55 Å². The molecular formula is C14H16N2O2. The minimum Gasteiger partial charge on any atom is -0.478 e. The van der Waals surface area contributed by atoms with Crippen molar-refractivity contribution in [3.8, 4) is 0 Å². The van der Waals surface area contributed by atoms with Gasteiger partial charge in [0, 0.05) is 13.0 Å². The summed E-state index contributed by atoms with van der Waals surface area (Å²) in [4.78, 5) is 15.6. The summed E-state index contributed by atoms with van der Waals surface area (Å²) in [5.41, 5.74) is 2.11. The van der Waals surface area contributed by atoms with Crippen LogP contribution in [0.2, 0.25) is 0 Å². The maximum atomic E-state index is 11.0. The fourth-order valence-corrected chi connectivity index (χ4v) is 2.90. The van der Waals surface area contributed by atoms with Gasteiger partial charge in [0.2, 0.25) is 0 Å². The molecular weight excluding hydrogens is 228 g/mol. The first-order valence-electron chi connectivity index (χ1n) is 6.36. The zero-order valence-corrected chi connectivity index (χ0v) is 10.4. The maximum Gasteiger partial charge on any atom is 0.335 e. The number of hydrogen-bond acceptors (Lipinski definition) is 2. The SMILES string of the molecule is Cn1c(C2CCCC2)nc2cc(C(=O)O)ccc21. The lowest BCUT2D eigenvalue weighted by atomic mass is 10.1. The summed E-state index contributed by atoms with van der Waals surface area (Å²) in [6, 6.07) is 5.16. The Morgan fingerprint density at radius 2 is 2.11 bits per heavy atom. The highest BCUT2D eigenvalue weighted by Gasteiger charge is 2.22. The van der Waals surface area contributed by atoms with Crippen molar-refractivity contribution in [3.63, 3.8) is 0 Å². The third-order valence-electron chi connectivity index (χ3n) is 3.88. The number of rotatable bonds is 2. The van der Waals surface area contributed by atoms with Gasteiger partial charge >= 0.3 is 5.97 Å². The molecule has 1 saturated carbocycles. The first-order chi connectivity index (χ1) is 8.66. The molecule has 0 atom stereocenters. The Morgan fingerprint density at radius 3 is 2.78 bits per heavy atom. The first-order valence-corrected chi connectivity index (χ1v) is 6.36. The molecule has 0 saturated heterocycles. The number of hydrogen-bond donors (Lipinski definition) is 1. The molecule has 1 aliphatic carbocycles. The fraction of sp³-hybridized carbons (Fsp3) is 0.429. The van der Waals surface area contributed by atoms with Crippen molar-refractivity contribution in [2.24, 2.45) is 7.05 Å². The standard InChI is InChI=1S/C14H16N2O2/c1-16-12-7-6-10(14(17)18)8-11(12)15-13(16)9-4-2-3-5-9/h6-9H,2-5H2,1H3,(H,17,18). The van der Waals surface area contributed by atoms with E-state index in [-0.39, 0.29) is 0 Å². The lowest BCUT2D eigenvalue weighted by molar-refractivity contribution is 0.0697. The van der Waals surface area contributed by atoms with Crippen molar-refractivity contribution in [3.05, 3.63) is 29.6 Å². The van der Waals surface area contributed by atoms with Crippen LogP contribution in [0, 0.1) is 0 Å². The summed E-state index contributed by atoms with van der Waals surface area (Å²) >= 11 is 0. The highest BCUT2D eigenvalue weighted by molar-refractivity contribution is 5.92. The molecule has 1 heterocycles. The van der Waals surface area contributed by atoms with E-state index in [1.54, 1.807) is 12.1 Å². The van der Waals surface area contributed by atoms with Crippen LogP contribution in [0.4, 0.5) is 0 Å². The highest BCUT2D eigenvalue weighted by atomic mass is 16.4. The lowest BCUT2D eigenvalue weighted by Crippen LogP contribution is -2.02. The van der Waals surface area contributed by atoms with Gasteiger partial charge in [-0.1, -0.05) is 12.8 Å². The van der Waals surface area contributed by atoms with Gasteiger partial charge < -0.3 is 9.67 Å². The summed E-state index contributed by atoms with van der Waals surface area (Å²) in [6.45, 7) is 0. The Bertz CT molecular complexity index is 610. The van der Waals surface area contributed by atoms with Crippen molar-refractivity contribution >= 4 is 17.0 Å². The second-order valence-electron chi connectivity index (χ2n) is 5.02. The van der Waals surface area contributed by atoms with Gasteiger partial charge in [-0.15, -0.1) is 0 Å². The number of carbonyl (C=O) groups is 1. The van der Waals surface area contributed by atoms with Crippen LogP contribution in [0.25, 0.3) is 11.0 Å². The quantitative estimate of drug-likeness (QED) is 0.883. The average molecular weight is 244 g/mol. The topological polar surface area (TPSA) is 55.1 Å². The zero-order chi connectivity index (χ0) is 12.7. The molecule has 94 valence electrons. The Kier molecular flexibility index (Phi) is 2.58. The molecule has 1 aromatic heterocycles. The van der Waals surface area contributed by atoms with E-state index in [1.807, 2.05) is 13.1 Å². The van der Waals surface area contributed by atoms with Gasteiger partial charge in [-0.3, -0.25) is 0 Å². The molecule has 0 aliphatic heterocycles. The van der Waals surface area contributed by atoms with E-state index in [0.717, 1.165) is 16.9 Å². The second kappa shape index (κ2) is 4.12. The van der Waals surface area contributed by atoms with E-state index in [4.69, 9.17) is 5.11 Å². The number of carboxylic acids is 1. The van der Waals surface area contributed by atoms with Gasteiger partial charge in [-0.05, 0) is 31.0 Å². The number of imidazole rings is 1. The predicted octanol–water partition coefficient (Wildman–Crippen LogP) is 2.93. The minimum atomic E-state index is -0.898. The number of aromatic carboxylic acids is 1. The molecule has 2 aromatic rings. The van der Waals surface area contributed by atoms with Crippen LogP contribution >= 0.6 is 0 Å². The number of nitrogens with zero attached hydrogens (tertiary/aromatic N) is 2. The Labute approximate surface area is 105 Å². The van der Waals surface area contributed by atoms with Crippen LogP contribution in [-0.4, -0.2) is 20.6 Å². The molecule has 0 bridgehead atoms. The summed E-state index contributed by atoms with van der Waals surface area (Å²) in [7, 11) is 2.02. The Balaban J connectivity index is 2.11. The monoisotopic (exact) mass is 244 g/mol. The summed E-state index contributed by atoms with van der Waals surface area (Å²) in [5, 5.41) is 9.00. The Morgan fingerprint density at radius 1 is 1.39 bits per heavy atom. The molecule has 0 amide bonds. The minimum absolute atomic E-state index is 0.304. The van der Waals surface area contributed by atoms with Crippen LogP contribution in [0.5, 0.6) is 0 Å². The van der Waals surface area contributed by atoms with Crippen LogP contribution in [0.1, 0.15) is 47.8 Å². The van der Waals surface area contributed by atoms with Crippen molar-refractivity contribution in [2.75, 3.05) is 0 Å². The number of benzene rings is 1. The number of aryl methyl sites for hydroxylation is 1. The summed E-state index contributed by atoms with van der Waals surface area (Å²) < 4.78 is 2.11. The fourth-order valence-electron chi connectivity index (χ4n) is 2.90. The van der Waals surface area contributed by atoms with Gasteiger partial charge in [0.15, 0.2) is 0 Å². The molecule has 1 N–H and O–H groups in total. The largest absolute Gasteiger partial charge is 0.478 e. The first kappa shape index (κ1) is 11.3. The molecule has 0 spiro atoms. The van der Waals surface area contributed by atoms with E-state index >= 15 is 0 Å². The molecule has 4 nitrogen and oxygen atoms in total. The molecule has 0 unspecified atom stereocenters. The smallest absolute Gasteiger partial charge is 0.335 e. The van der Waals surface area contributed by atoms with E-state index in [9.17, 15) is 4.79 Å². The highest BCUT2D eigenvalue weighted by Crippen LogP contribution is 2.34. The van der Waals surface area contributed by atoms with Crippen molar-refractivity contribution in [2.45, 2.75) is 31.6 Å². The Hall–Kier alpha value is -1.84. The maximum absolute atomic E-state index is 11.0. The van der Waals surface area contributed by atoms with E-state index < -0.39 is 5.97 Å². The van der Waals surface area contributed by atoms with Gasteiger partial charge in [-0.25, -0.2) is 9.78 Å². The molecule has 1 aromatic carbocycles. The number of carboxylic acid groups (broad SMARTS) is 1. The van der Waals surface area contributed by atoms with Gasteiger partial charge in [0.25, 0.3) is 0 Å². The lowest BCUT2D eigenvalue weighted by Gasteiger charge is -2.08. The number of aromatic nitrogens is 2. The third kappa shape index (κ3) is 1.68. The van der Waals surface area contributed by atoms with Crippen molar-refractivity contribution in [1.29, 1.82) is 0 Å². The number of fused-ring (bicyclic) bond motifs is 1. The van der Waals surface area contributed by atoms with Crippen molar-refractivity contribution < 1.29 is 9.90 Å². The summed E-state index contributed by atoms with van der Waals surface area (Å²) in [6.07, 6.45) is 4.94. The van der Waals surface area contributed by atoms with Crippen LogP contribution in [0.15, 0.2) is 18.2 Å². The van der Waals surface area contributed by atoms with Gasteiger partial charge in [-0.2, -0.15) is 0 Å². The summed E-state index contributed by atoms with van der Waals surface area (Å²) in [5.74, 6) is 0.741. The van der Waals surface area contributed by atoms with E-state index in [2.05, 4.69) is 9.55 Å². The zero-order valence-electron chi connectivity index (χ0n) is 10.4. The molecule has 18 heavy (non-hydrogen) atoms. The predicted molar refractivity (Wildman–Crippen MR) is 68.9 cm³/mol. The molecule has 4 heteroatoms.